The van der Waals surface area contributed by atoms with Crippen molar-refractivity contribution in [2.24, 2.45) is 5.92 Å². The largest absolute Gasteiger partial charge is 0.454 e. The number of piperidine rings is 1. The van der Waals surface area contributed by atoms with Gasteiger partial charge in [-0.25, -0.2) is 0 Å². The normalized spacial score (nSPS) is 17.1. The molecule has 24 heavy (non-hydrogen) atoms. The van der Waals surface area contributed by atoms with E-state index in [1.165, 1.54) is 5.56 Å². The minimum atomic E-state index is 0.0793. The summed E-state index contributed by atoms with van der Waals surface area (Å²) in [5.74, 6) is 2.08. The molecule has 5 heteroatoms. The Morgan fingerprint density at radius 1 is 1.08 bits per heavy atom. The SMILES string of the molecule is O=C(c1ccc2c(c1)OCO2)N1CCC(Cc2ccncc2)CC1. The Morgan fingerprint density at radius 3 is 2.62 bits per heavy atom. The van der Waals surface area contributed by atoms with E-state index in [-0.39, 0.29) is 12.7 Å². The number of pyridine rings is 1. The van der Waals surface area contributed by atoms with Crippen molar-refractivity contribution in [3.63, 3.8) is 0 Å². The predicted molar refractivity (Wildman–Crippen MR) is 89.1 cm³/mol. The van der Waals surface area contributed by atoms with Crippen LogP contribution >= 0.6 is 0 Å². The average Bonchev–Trinajstić information content (AvgIpc) is 3.10. The fourth-order valence-corrected chi connectivity index (χ4v) is 3.40. The molecule has 0 bridgehead atoms. The van der Waals surface area contributed by atoms with Gasteiger partial charge in [-0.15, -0.1) is 0 Å². The first-order valence-corrected chi connectivity index (χ1v) is 8.37. The van der Waals surface area contributed by atoms with Crippen LogP contribution in [0.15, 0.2) is 42.7 Å². The molecule has 0 aliphatic carbocycles. The van der Waals surface area contributed by atoms with Crippen LogP contribution in [0, 0.1) is 5.92 Å². The zero-order valence-electron chi connectivity index (χ0n) is 13.5. The summed E-state index contributed by atoms with van der Waals surface area (Å²) in [5, 5.41) is 0. The third kappa shape index (κ3) is 3.07. The fourth-order valence-electron chi connectivity index (χ4n) is 3.40. The summed E-state index contributed by atoms with van der Waals surface area (Å²) in [6, 6.07) is 9.56. The summed E-state index contributed by atoms with van der Waals surface area (Å²) >= 11 is 0. The van der Waals surface area contributed by atoms with E-state index in [1.54, 1.807) is 6.07 Å². The minimum Gasteiger partial charge on any atom is -0.454 e. The number of hydrogen-bond acceptors (Lipinski definition) is 4. The number of hydrogen-bond donors (Lipinski definition) is 0. The zero-order chi connectivity index (χ0) is 16.4. The van der Waals surface area contributed by atoms with Crippen molar-refractivity contribution in [3.8, 4) is 11.5 Å². The fraction of sp³-hybridized carbons (Fsp3) is 0.368. The second-order valence-electron chi connectivity index (χ2n) is 6.36. The molecule has 0 saturated carbocycles. The van der Waals surface area contributed by atoms with E-state index in [1.807, 2.05) is 29.4 Å². The minimum absolute atomic E-state index is 0.0793. The van der Waals surface area contributed by atoms with Gasteiger partial charge in [-0.2, -0.15) is 0 Å². The number of amides is 1. The summed E-state index contributed by atoms with van der Waals surface area (Å²) < 4.78 is 10.7. The summed E-state index contributed by atoms with van der Waals surface area (Å²) in [6.07, 6.45) is 6.83. The molecule has 0 atom stereocenters. The van der Waals surface area contributed by atoms with Crippen molar-refractivity contribution < 1.29 is 14.3 Å². The van der Waals surface area contributed by atoms with Gasteiger partial charge in [-0.3, -0.25) is 9.78 Å². The lowest BCUT2D eigenvalue weighted by atomic mass is 9.90. The first-order valence-electron chi connectivity index (χ1n) is 8.37. The molecule has 1 aromatic carbocycles. The molecule has 0 spiro atoms. The van der Waals surface area contributed by atoms with E-state index in [9.17, 15) is 4.79 Å². The number of aromatic nitrogens is 1. The molecule has 2 aromatic rings. The molecule has 1 aromatic heterocycles. The standard InChI is InChI=1S/C19H20N2O3/c22-19(16-1-2-17-18(12-16)24-13-23-17)21-9-5-15(6-10-21)11-14-3-7-20-8-4-14/h1-4,7-8,12,15H,5-6,9-11,13H2. The highest BCUT2D eigenvalue weighted by Crippen LogP contribution is 2.33. The molecule has 0 radical (unpaired) electrons. The number of fused-ring (bicyclic) bond motifs is 1. The van der Waals surface area contributed by atoms with Crippen molar-refractivity contribution in [1.29, 1.82) is 0 Å². The Morgan fingerprint density at radius 2 is 1.83 bits per heavy atom. The highest BCUT2D eigenvalue weighted by molar-refractivity contribution is 5.95. The summed E-state index contributed by atoms with van der Waals surface area (Å²) in [7, 11) is 0. The highest BCUT2D eigenvalue weighted by atomic mass is 16.7. The predicted octanol–water partition coefficient (Wildman–Crippen LogP) is 2.91. The van der Waals surface area contributed by atoms with Gasteiger partial charge in [0.05, 0.1) is 0 Å². The summed E-state index contributed by atoms with van der Waals surface area (Å²) in [6.45, 7) is 1.85. The van der Waals surface area contributed by atoms with E-state index in [2.05, 4.69) is 17.1 Å². The zero-order valence-corrected chi connectivity index (χ0v) is 13.5. The van der Waals surface area contributed by atoms with Gasteiger partial charge in [0.2, 0.25) is 6.79 Å². The molecular formula is C19H20N2O3. The lowest BCUT2D eigenvalue weighted by molar-refractivity contribution is 0.0690. The third-order valence-corrected chi connectivity index (χ3v) is 4.79. The van der Waals surface area contributed by atoms with Crippen LogP contribution in [0.2, 0.25) is 0 Å². The number of benzene rings is 1. The van der Waals surface area contributed by atoms with Gasteiger partial charge in [0, 0.05) is 31.0 Å². The van der Waals surface area contributed by atoms with Crippen molar-refractivity contribution in [2.75, 3.05) is 19.9 Å². The molecule has 2 aliphatic rings. The van der Waals surface area contributed by atoms with Gasteiger partial charge < -0.3 is 14.4 Å². The molecule has 2 aliphatic heterocycles. The van der Waals surface area contributed by atoms with E-state index in [4.69, 9.17) is 9.47 Å². The lowest BCUT2D eigenvalue weighted by Gasteiger charge is -2.32. The van der Waals surface area contributed by atoms with Crippen molar-refractivity contribution in [2.45, 2.75) is 19.3 Å². The van der Waals surface area contributed by atoms with Crippen LogP contribution < -0.4 is 9.47 Å². The number of carbonyl (C=O) groups is 1. The van der Waals surface area contributed by atoms with E-state index < -0.39 is 0 Å². The molecule has 124 valence electrons. The Balaban J connectivity index is 1.36. The highest BCUT2D eigenvalue weighted by Gasteiger charge is 2.25. The topological polar surface area (TPSA) is 51.7 Å². The maximum absolute atomic E-state index is 12.7. The smallest absolute Gasteiger partial charge is 0.253 e. The number of likely N-dealkylation sites (tertiary alicyclic amines) is 1. The molecule has 1 amide bonds. The van der Waals surface area contributed by atoms with Crippen LogP contribution in [0.5, 0.6) is 11.5 Å². The molecule has 1 saturated heterocycles. The number of ether oxygens (including phenoxy) is 2. The Bertz CT molecular complexity index is 725. The first kappa shape index (κ1) is 15.0. The third-order valence-electron chi connectivity index (χ3n) is 4.79. The summed E-state index contributed by atoms with van der Waals surface area (Å²) in [4.78, 5) is 18.7. The molecule has 3 heterocycles. The van der Waals surface area contributed by atoms with Gasteiger partial charge in [-0.1, -0.05) is 0 Å². The van der Waals surface area contributed by atoms with Crippen LogP contribution in [0.4, 0.5) is 0 Å². The van der Waals surface area contributed by atoms with Crippen molar-refractivity contribution in [3.05, 3.63) is 53.9 Å². The van der Waals surface area contributed by atoms with E-state index in [0.717, 1.165) is 32.4 Å². The van der Waals surface area contributed by atoms with Gasteiger partial charge in [0.1, 0.15) is 0 Å². The molecule has 4 rings (SSSR count). The summed E-state index contributed by atoms with van der Waals surface area (Å²) in [5.41, 5.74) is 2.00. The van der Waals surface area contributed by atoms with E-state index >= 15 is 0 Å². The van der Waals surface area contributed by atoms with Gasteiger partial charge in [0.25, 0.3) is 5.91 Å². The van der Waals surface area contributed by atoms with Gasteiger partial charge >= 0.3 is 0 Å². The lowest BCUT2D eigenvalue weighted by Crippen LogP contribution is -2.38. The Hall–Kier alpha value is -2.56. The van der Waals surface area contributed by atoms with Gasteiger partial charge in [-0.05, 0) is 61.1 Å². The first-order chi connectivity index (χ1) is 11.8. The second-order valence-corrected chi connectivity index (χ2v) is 6.36. The van der Waals surface area contributed by atoms with Crippen molar-refractivity contribution in [1.82, 2.24) is 9.88 Å². The Kier molecular flexibility index (Phi) is 4.07. The van der Waals surface area contributed by atoms with Crippen LogP contribution in [0.1, 0.15) is 28.8 Å². The van der Waals surface area contributed by atoms with Crippen LogP contribution in [-0.2, 0) is 6.42 Å². The number of rotatable bonds is 3. The van der Waals surface area contributed by atoms with Crippen molar-refractivity contribution >= 4 is 5.91 Å². The van der Waals surface area contributed by atoms with Crippen LogP contribution in [0.3, 0.4) is 0 Å². The molecule has 0 N–H and O–H groups in total. The Labute approximate surface area is 141 Å². The number of nitrogens with zero attached hydrogens (tertiary/aromatic N) is 2. The van der Waals surface area contributed by atoms with Crippen LogP contribution in [-0.4, -0.2) is 35.7 Å². The molecule has 0 unspecified atom stereocenters. The monoisotopic (exact) mass is 324 g/mol. The van der Waals surface area contributed by atoms with E-state index in [0.29, 0.717) is 23.0 Å². The maximum Gasteiger partial charge on any atom is 0.253 e. The maximum atomic E-state index is 12.7. The van der Waals surface area contributed by atoms with Gasteiger partial charge in [0.15, 0.2) is 11.5 Å². The number of carbonyl (C=O) groups excluding carboxylic acids is 1. The molecule has 1 fully saturated rings. The molecular weight excluding hydrogens is 304 g/mol. The average molecular weight is 324 g/mol. The quantitative estimate of drug-likeness (QED) is 0.871. The second kappa shape index (κ2) is 6.51. The molecule has 5 nitrogen and oxygen atoms in total. The van der Waals surface area contributed by atoms with Crippen LogP contribution in [0.25, 0.3) is 0 Å².